The molecule has 1 fully saturated rings. The Hall–Kier alpha value is -0.840. The van der Waals surface area contributed by atoms with E-state index in [1.54, 1.807) is 32.0 Å². The van der Waals surface area contributed by atoms with E-state index in [9.17, 15) is 13.5 Å². The SMILES string of the molecule is C/N=C1\SCC(O)(c2ccc(Cl)c(S(=O)(=O)NCC(C)OC)c2)N1C. The maximum absolute atomic E-state index is 12.6. The van der Waals surface area contributed by atoms with E-state index < -0.39 is 15.7 Å². The Morgan fingerprint density at radius 3 is 2.80 bits per heavy atom. The lowest BCUT2D eigenvalue weighted by molar-refractivity contribution is -0.0349. The van der Waals surface area contributed by atoms with Crippen LogP contribution < -0.4 is 4.72 Å². The Labute approximate surface area is 157 Å². The fraction of sp³-hybridized carbons (Fsp3) is 0.533. The van der Waals surface area contributed by atoms with Crippen LogP contribution >= 0.6 is 23.4 Å². The van der Waals surface area contributed by atoms with Crippen molar-refractivity contribution in [3.8, 4) is 0 Å². The summed E-state index contributed by atoms with van der Waals surface area (Å²) in [4.78, 5) is 5.65. The number of hydrogen-bond donors (Lipinski definition) is 2. The first-order chi connectivity index (χ1) is 11.7. The molecule has 1 heterocycles. The minimum atomic E-state index is -3.84. The van der Waals surface area contributed by atoms with Gasteiger partial charge in [-0.25, -0.2) is 13.1 Å². The van der Waals surface area contributed by atoms with Crippen LogP contribution in [0.3, 0.4) is 0 Å². The molecule has 1 aliphatic heterocycles. The van der Waals surface area contributed by atoms with E-state index in [4.69, 9.17) is 16.3 Å². The van der Waals surface area contributed by atoms with Crippen molar-refractivity contribution in [1.82, 2.24) is 9.62 Å². The number of hydrogen-bond acceptors (Lipinski definition) is 6. The largest absolute Gasteiger partial charge is 0.380 e. The number of rotatable bonds is 6. The Balaban J connectivity index is 2.38. The summed E-state index contributed by atoms with van der Waals surface area (Å²) < 4.78 is 32.7. The molecule has 10 heteroatoms. The molecule has 1 saturated heterocycles. The predicted octanol–water partition coefficient (Wildman–Crippen LogP) is 1.46. The lowest BCUT2D eigenvalue weighted by Crippen LogP contribution is -2.42. The summed E-state index contributed by atoms with van der Waals surface area (Å²) in [6.45, 7) is 1.87. The third kappa shape index (κ3) is 4.12. The molecule has 2 N–H and O–H groups in total. The molecule has 0 aliphatic carbocycles. The number of sulfonamides is 1. The van der Waals surface area contributed by atoms with Gasteiger partial charge in [0, 0.05) is 33.3 Å². The number of aliphatic imine (C=N–C) groups is 1. The standard InChI is InChI=1S/C15H22ClN3O4S2/c1-10(23-4)8-18-25(21,22)13-7-11(5-6-12(13)16)15(20)9-24-14(17-2)19(15)3/h5-7,10,18,20H,8-9H2,1-4H3/b17-14-. The fourth-order valence-electron chi connectivity index (χ4n) is 2.36. The molecule has 0 radical (unpaired) electrons. The van der Waals surface area contributed by atoms with Crippen LogP contribution in [0.15, 0.2) is 28.1 Å². The molecule has 2 unspecified atom stereocenters. The van der Waals surface area contributed by atoms with Crippen molar-refractivity contribution in [2.24, 2.45) is 4.99 Å². The summed E-state index contributed by atoms with van der Waals surface area (Å²) in [5.41, 5.74) is -0.917. The van der Waals surface area contributed by atoms with E-state index >= 15 is 0 Å². The zero-order valence-corrected chi connectivity index (χ0v) is 16.9. The van der Waals surface area contributed by atoms with Crippen molar-refractivity contribution in [3.63, 3.8) is 0 Å². The second-order valence-corrected chi connectivity index (χ2v) is 8.80. The molecule has 0 bridgehead atoms. The molecular weight excluding hydrogens is 386 g/mol. The Morgan fingerprint density at radius 2 is 2.24 bits per heavy atom. The van der Waals surface area contributed by atoms with Gasteiger partial charge in [0.1, 0.15) is 4.90 Å². The van der Waals surface area contributed by atoms with Crippen LogP contribution in [0.4, 0.5) is 0 Å². The van der Waals surface area contributed by atoms with Gasteiger partial charge < -0.3 is 14.7 Å². The molecule has 2 atom stereocenters. The smallest absolute Gasteiger partial charge is 0.242 e. The van der Waals surface area contributed by atoms with E-state index in [1.807, 2.05) is 0 Å². The average molecular weight is 408 g/mol. The van der Waals surface area contributed by atoms with Gasteiger partial charge in [-0.2, -0.15) is 0 Å². The maximum Gasteiger partial charge on any atom is 0.242 e. The van der Waals surface area contributed by atoms with Gasteiger partial charge in [-0.1, -0.05) is 29.4 Å². The zero-order chi connectivity index (χ0) is 18.8. The van der Waals surface area contributed by atoms with Crippen LogP contribution in [-0.2, 0) is 20.5 Å². The summed E-state index contributed by atoms with van der Waals surface area (Å²) in [6.07, 6.45) is -0.276. The minimum absolute atomic E-state index is 0.0799. The molecule has 0 amide bonds. The highest BCUT2D eigenvalue weighted by Gasteiger charge is 2.43. The van der Waals surface area contributed by atoms with Crippen LogP contribution in [0.25, 0.3) is 0 Å². The number of halogens is 1. The highest BCUT2D eigenvalue weighted by Crippen LogP contribution is 2.39. The highest BCUT2D eigenvalue weighted by atomic mass is 35.5. The number of ether oxygens (including phenoxy) is 1. The molecule has 0 spiro atoms. The van der Waals surface area contributed by atoms with E-state index in [2.05, 4.69) is 9.71 Å². The van der Waals surface area contributed by atoms with Gasteiger partial charge in [-0.3, -0.25) is 4.99 Å². The van der Waals surface area contributed by atoms with Crippen LogP contribution in [0, 0.1) is 0 Å². The van der Waals surface area contributed by atoms with E-state index in [0.717, 1.165) is 0 Å². The minimum Gasteiger partial charge on any atom is -0.380 e. The van der Waals surface area contributed by atoms with Crippen LogP contribution in [-0.4, -0.2) is 63.2 Å². The second-order valence-electron chi connectivity index (χ2n) is 5.71. The van der Waals surface area contributed by atoms with Crippen LogP contribution in [0.5, 0.6) is 0 Å². The van der Waals surface area contributed by atoms with Gasteiger partial charge in [-0.15, -0.1) is 0 Å². The van der Waals surface area contributed by atoms with Gasteiger partial charge >= 0.3 is 0 Å². The van der Waals surface area contributed by atoms with Gasteiger partial charge in [0.05, 0.1) is 16.9 Å². The molecule has 2 rings (SSSR count). The zero-order valence-electron chi connectivity index (χ0n) is 14.5. The first-order valence-electron chi connectivity index (χ1n) is 7.54. The van der Waals surface area contributed by atoms with Crippen LogP contribution in [0.2, 0.25) is 5.02 Å². The summed E-state index contributed by atoms with van der Waals surface area (Å²) in [7, 11) is 1.02. The Bertz CT molecular complexity index is 772. The van der Waals surface area contributed by atoms with Crippen molar-refractivity contribution in [2.75, 3.05) is 33.5 Å². The van der Waals surface area contributed by atoms with Crippen molar-refractivity contribution in [1.29, 1.82) is 0 Å². The molecule has 0 saturated carbocycles. The predicted molar refractivity (Wildman–Crippen MR) is 101 cm³/mol. The van der Waals surface area contributed by atoms with Crippen molar-refractivity contribution >= 4 is 38.6 Å². The number of nitrogens with one attached hydrogen (secondary N) is 1. The summed E-state index contributed by atoms with van der Waals surface area (Å²) in [6, 6.07) is 4.50. The van der Waals surface area contributed by atoms with Gasteiger partial charge in [0.2, 0.25) is 10.0 Å². The monoisotopic (exact) mass is 407 g/mol. The number of nitrogens with zero attached hydrogens (tertiary/aromatic N) is 2. The van der Waals surface area contributed by atoms with Crippen molar-refractivity contribution in [3.05, 3.63) is 28.8 Å². The third-order valence-electron chi connectivity index (χ3n) is 4.08. The summed E-state index contributed by atoms with van der Waals surface area (Å²) >= 11 is 7.50. The average Bonchev–Trinajstić information content (AvgIpc) is 2.88. The molecule has 1 aromatic carbocycles. The number of thioether (sulfide) groups is 1. The normalized spacial score (nSPS) is 24.1. The van der Waals surface area contributed by atoms with Gasteiger partial charge in [0.25, 0.3) is 0 Å². The second kappa shape index (κ2) is 7.81. The Morgan fingerprint density at radius 1 is 1.56 bits per heavy atom. The molecule has 25 heavy (non-hydrogen) atoms. The van der Waals surface area contributed by atoms with Crippen molar-refractivity contribution < 1.29 is 18.3 Å². The van der Waals surface area contributed by atoms with E-state index in [1.165, 1.54) is 31.0 Å². The molecule has 7 nitrogen and oxygen atoms in total. The van der Waals surface area contributed by atoms with Gasteiger partial charge in [-0.05, 0) is 19.1 Å². The topological polar surface area (TPSA) is 91.2 Å². The van der Waals surface area contributed by atoms with E-state index in [0.29, 0.717) is 16.5 Å². The number of benzene rings is 1. The summed E-state index contributed by atoms with van der Waals surface area (Å²) in [5, 5.41) is 11.8. The van der Waals surface area contributed by atoms with E-state index in [-0.39, 0.29) is 22.6 Å². The molecule has 1 aliphatic rings. The third-order valence-corrected chi connectivity index (χ3v) is 7.25. The van der Waals surface area contributed by atoms with Crippen LogP contribution in [0.1, 0.15) is 12.5 Å². The Kier molecular flexibility index (Phi) is 6.40. The number of amidine groups is 1. The molecule has 140 valence electrons. The van der Waals surface area contributed by atoms with Crippen molar-refractivity contribution in [2.45, 2.75) is 23.6 Å². The number of aliphatic hydroxyl groups is 1. The number of methoxy groups -OCH3 is 1. The summed E-state index contributed by atoms with van der Waals surface area (Å²) in [5.74, 6) is 0.339. The molecular formula is C15H22ClN3O4S2. The quantitative estimate of drug-likeness (QED) is 0.741. The van der Waals surface area contributed by atoms with Gasteiger partial charge in [0.15, 0.2) is 10.9 Å². The lowest BCUT2D eigenvalue weighted by atomic mass is 10.0. The molecule has 0 aromatic heterocycles. The maximum atomic E-state index is 12.6. The first kappa shape index (κ1) is 20.5. The molecule has 1 aromatic rings. The first-order valence-corrected chi connectivity index (χ1v) is 10.4. The lowest BCUT2D eigenvalue weighted by Gasteiger charge is -2.31. The fourth-order valence-corrected chi connectivity index (χ4v) is 5.16. The highest BCUT2D eigenvalue weighted by molar-refractivity contribution is 8.14.